The highest BCUT2D eigenvalue weighted by atomic mass is 16.5. The number of nitrogens with one attached hydrogen (secondary N) is 1. The normalized spacial score (nSPS) is 20.2. The second kappa shape index (κ2) is 8.17. The molecule has 1 saturated carbocycles. The number of carboxylic acids is 1. The highest BCUT2D eigenvalue weighted by molar-refractivity contribution is 5.70. The van der Waals surface area contributed by atoms with Crippen LogP contribution in [-0.4, -0.2) is 24.2 Å². The van der Waals surface area contributed by atoms with Gasteiger partial charge in [-0.2, -0.15) is 0 Å². The van der Waals surface area contributed by atoms with Crippen LogP contribution < -0.4 is 10.1 Å². The van der Waals surface area contributed by atoms with Gasteiger partial charge in [0.25, 0.3) is 0 Å². The van der Waals surface area contributed by atoms with Crippen molar-refractivity contribution in [3.05, 3.63) is 54.1 Å². The number of carboxylic acid groups (broad SMARTS) is 1. The maximum absolute atomic E-state index is 11.0. The highest BCUT2D eigenvalue weighted by Gasteiger charge is 2.25. The van der Waals surface area contributed by atoms with Crippen LogP contribution in [0.15, 0.2) is 48.5 Å². The predicted octanol–water partition coefficient (Wildman–Crippen LogP) is 4.10. The molecule has 0 saturated heterocycles. The van der Waals surface area contributed by atoms with E-state index in [9.17, 15) is 4.79 Å². The van der Waals surface area contributed by atoms with Gasteiger partial charge in [0.15, 0.2) is 0 Å². The first-order chi connectivity index (χ1) is 12.2. The first-order valence-corrected chi connectivity index (χ1v) is 8.86. The summed E-state index contributed by atoms with van der Waals surface area (Å²) in [6.45, 7) is 0.737. The lowest BCUT2D eigenvalue weighted by molar-refractivity contribution is -0.142. The molecule has 1 aliphatic carbocycles. The van der Waals surface area contributed by atoms with Crippen LogP contribution in [-0.2, 0) is 11.3 Å². The third kappa shape index (κ3) is 4.40. The molecule has 4 nitrogen and oxygen atoms in total. The lowest BCUT2D eigenvalue weighted by Gasteiger charge is -2.27. The molecular formula is C21H25NO3. The average molecular weight is 339 g/mol. The van der Waals surface area contributed by atoms with Gasteiger partial charge < -0.3 is 15.2 Å². The van der Waals surface area contributed by atoms with Crippen LogP contribution in [0, 0.1) is 5.92 Å². The Morgan fingerprint density at radius 3 is 2.44 bits per heavy atom. The van der Waals surface area contributed by atoms with Gasteiger partial charge in [0.2, 0.25) is 0 Å². The average Bonchev–Trinajstić information content (AvgIpc) is 2.67. The van der Waals surface area contributed by atoms with Crippen LogP contribution >= 0.6 is 0 Å². The molecule has 132 valence electrons. The van der Waals surface area contributed by atoms with Crippen molar-refractivity contribution in [2.45, 2.75) is 38.3 Å². The first kappa shape index (κ1) is 17.5. The third-order valence-corrected chi connectivity index (χ3v) is 5.05. The van der Waals surface area contributed by atoms with E-state index in [0.29, 0.717) is 6.04 Å². The number of carbonyl (C=O) groups is 1. The van der Waals surface area contributed by atoms with Crippen LogP contribution in [0.5, 0.6) is 5.75 Å². The minimum Gasteiger partial charge on any atom is -0.496 e. The number of ether oxygens (including phenoxy) is 1. The van der Waals surface area contributed by atoms with E-state index in [1.54, 1.807) is 7.11 Å². The summed E-state index contributed by atoms with van der Waals surface area (Å²) < 4.78 is 5.58. The van der Waals surface area contributed by atoms with Gasteiger partial charge in [-0.3, -0.25) is 4.79 Å². The van der Waals surface area contributed by atoms with Gasteiger partial charge in [-0.05, 0) is 42.9 Å². The van der Waals surface area contributed by atoms with Gasteiger partial charge in [-0.1, -0.05) is 42.5 Å². The molecule has 0 bridgehead atoms. The van der Waals surface area contributed by atoms with E-state index in [2.05, 4.69) is 35.6 Å². The van der Waals surface area contributed by atoms with Crippen molar-refractivity contribution in [3.63, 3.8) is 0 Å². The Morgan fingerprint density at radius 2 is 1.80 bits per heavy atom. The summed E-state index contributed by atoms with van der Waals surface area (Å²) in [6.07, 6.45) is 3.36. The summed E-state index contributed by atoms with van der Waals surface area (Å²) in [5.74, 6) is 0.0578. The number of aliphatic carboxylic acids is 1. The zero-order chi connectivity index (χ0) is 17.6. The standard InChI is InChI=1S/C21H25NO3/c1-25-20-13-17(15-5-3-2-4-6-15)7-8-18(20)14-22-19-11-9-16(10-12-19)21(23)24/h2-8,13,16,19,22H,9-12,14H2,1H3,(H,23,24). The number of hydrogen-bond acceptors (Lipinski definition) is 3. The van der Waals surface area contributed by atoms with Crippen LogP contribution in [0.25, 0.3) is 11.1 Å². The molecule has 0 atom stereocenters. The zero-order valence-corrected chi connectivity index (χ0v) is 14.6. The Hall–Kier alpha value is -2.33. The van der Waals surface area contributed by atoms with Crippen molar-refractivity contribution in [1.82, 2.24) is 5.32 Å². The van der Waals surface area contributed by atoms with Crippen LogP contribution in [0.1, 0.15) is 31.2 Å². The van der Waals surface area contributed by atoms with Gasteiger partial charge >= 0.3 is 5.97 Å². The molecule has 0 spiro atoms. The first-order valence-electron chi connectivity index (χ1n) is 8.86. The number of methoxy groups -OCH3 is 1. The summed E-state index contributed by atoms with van der Waals surface area (Å²) in [6, 6.07) is 16.9. The fourth-order valence-corrected chi connectivity index (χ4v) is 3.50. The van der Waals surface area contributed by atoms with Gasteiger partial charge in [0.1, 0.15) is 5.75 Å². The monoisotopic (exact) mass is 339 g/mol. The second-order valence-corrected chi connectivity index (χ2v) is 6.66. The van der Waals surface area contributed by atoms with Crippen molar-refractivity contribution >= 4 is 5.97 Å². The van der Waals surface area contributed by atoms with Crippen molar-refractivity contribution in [2.24, 2.45) is 5.92 Å². The van der Waals surface area contributed by atoms with Crippen LogP contribution in [0.2, 0.25) is 0 Å². The van der Waals surface area contributed by atoms with Crippen LogP contribution in [0.3, 0.4) is 0 Å². The summed E-state index contributed by atoms with van der Waals surface area (Å²) >= 11 is 0. The zero-order valence-electron chi connectivity index (χ0n) is 14.6. The fourth-order valence-electron chi connectivity index (χ4n) is 3.50. The molecule has 25 heavy (non-hydrogen) atoms. The van der Waals surface area contributed by atoms with E-state index in [-0.39, 0.29) is 5.92 Å². The minimum absolute atomic E-state index is 0.169. The minimum atomic E-state index is -0.656. The Bertz CT molecular complexity index is 706. The SMILES string of the molecule is COc1cc(-c2ccccc2)ccc1CNC1CCC(C(=O)O)CC1. The summed E-state index contributed by atoms with van der Waals surface area (Å²) in [4.78, 5) is 11.0. The van der Waals surface area contributed by atoms with Gasteiger partial charge in [0.05, 0.1) is 13.0 Å². The molecule has 0 heterocycles. The van der Waals surface area contributed by atoms with Gasteiger partial charge in [-0.15, -0.1) is 0 Å². The van der Waals surface area contributed by atoms with Gasteiger partial charge in [-0.25, -0.2) is 0 Å². The number of benzene rings is 2. The molecule has 3 rings (SSSR count). The molecule has 2 aromatic rings. The molecule has 0 radical (unpaired) electrons. The lowest BCUT2D eigenvalue weighted by Crippen LogP contribution is -2.34. The molecule has 1 fully saturated rings. The number of hydrogen-bond donors (Lipinski definition) is 2. The second-order valence-electron chi connectivity index (χ2n) is 6.66. The molecule has 1 aliphatic rings. The molecule has 2 aromatic carbocycles. The Balaban J connectivity index is 1.62. The fraction of sp³-hybridized carbons (Fsp3) is 0.381. The maximum atomic E-state index is 11.0. The highest BCUT2D eigenvalue weighted by Crippen LogP contribution is 2.28. The van der Waals surface area contributed by atoms with Crippen molar-refractivity contribution < 1.29 is 14.6 Å². The third-order valence-electron chi connectivity index (χ3n) is 5.05. The molecule has 4 heteroatoms. The quantitative estimate of drug-likeness (QED) is 0.832. The molecule has 0 aliphatic heterocycles. The van der Waals surface area contributed by atoms with Crippen molar-refractivity contribution in [2.75, 3.05) is 7.11 Å². The number of rotatable bonds is 6. The van der Waals surface area contributed by atoms with E-state index in [1.165, 1.54) is 5.56 Å². The van der Waals surface area contributed by atoms with Crippen LogP contribution in [0.4, 0.5) is 0 Å². The Kier molecular flexibility index (Phi) is 5.71. The lowest BCUT2D eigenvalue weighted by atomic mass is 9.86. The van der Waals surface area contributed by atoms with E-state index in [1.807, 2.05) is 18.2 Å². The summed E-state index contributed by atoms with van der Waals surface area (Å²) in [5, 5.41) is 12.6. The Labute approximate surface area is 148 Å². The van der Waals surface area contributed by atoms with E-state index in [4.69, 9.17) is 9.84 Å². The maximum Gasteiger partial charge on any atom is 0.306 e. The largest absolute Gasteiger partial charge is 0.496 e. The smallest absolute Gasteiger partial charge is 0.306 e. The van der Waals surface area contributed by atoms with E-state index < -0.39 is 5.97 Å². The summed E-state index contributed by atoms with van der Waals surface area (Å²) in [5.41, 5.74) is 3.44. The predicted molar refractivity (Wildman–Crippen MR) is 98.7 cm³/mol. The van der Waals surface area contributed by atoms with Crippen molar-refractivity contribution in [1.29, 1.82) is 0 Å². The molecule has 0 amide bonds. The van der Waals surface area contributed by atoms with E-state index in [0.717, 1.165) is 49.1 Å². The van der Waals surface area contributed by atoms with E-state index >= 15 is 0 Å². The molecule has 2 N–H and O–H groups in total. The summed E-state index contributed by atoms with van der Waals surface area (Å²) in [7, 11) is 1.70. The molecular weight excluding hydrogens is 314 g/mol. The van der Waals surface area contributed by atoms with Crippen molar-refractivity contribution in [3.8, 4) is 16.9 Å². The topological polar surface area (TPSA) is 58.6 Å². The molecule has 0 aromatic heterocycles. The Morgan fingerprint density at radius 1 is 1.08 bits per heavy atom. The van der Waals surface area contributed by atoms with Gasteiger partial charge in [0, 0.05) is 18.2 Å². The molecule has 0 unspecified atom stereocenters.